The lowest BCUT2D eigenvalue weighted by molar-refractivity contribution is 0.0698. The van der Waals surface area contributed by atoms with Crippen LogP contribution in [0.25, 0.3) is 0 Å². The predicted octanol–water partition coefficient (Wildman–Crippen LogP) is 2.20. The number of nitrogens with one attached hydrogen (secondary N) is 2. The molecule has 2 N–H and O–H groups in total. The Morgan fingerprint density at radius 2 is 2.09 bits per heavy atom. The van der Waals surface area contributed by atoms with Crippen molar-refractivity contribution < 1.29 is 13.9 Å². The van der Waals surface area contributed by atoms with Gasteiger partial charge in [0.05, 0.1) is 18.2 Å². The van der Waals surface area contributed by atoms with E-state index in [-0.39, 0.29) is 5.02 Å². The van der Waals surface area contributed by atoms with E-state index in [0.29, 0.717) is 32.3 Å². The van der Waals surface area contributed by atoms with Gasteiger partial charge < -0.3 is 20.1 Å². The topological polar surface area (TPSA) is 54.9 Å². The van der Waals surface area contributed by atoms with Crippen LogP contribution < -0.4 is 10.6 Å². The predicted molar refractivity (Wildman–Crippen MR) is 86.9 cm³/mol. The van der Waals surface area contributed by atoms with Crippen LogP contribution in [0.3, 0.4) is 0 Å². The maximum atomic E-state index is 13.1. The van der Waals surface area contributed by atoms with Crippen molar-refractivity contribution in [1.29, 1.82) is 0 Å². The number of hydrogen-bond acceptors (Lipinski definition) is 3. The molecule has 0 fully saturated rings. The highest BCUT2D eigenvalue weighted by Gasteiger charge is 2.02. The van der Waals surface area contributed by atoms with Crippen LogP contribution in [0.1, 0.15) is 12.0 Å². The quantitative estimate of drug-likeness (QED) is 0.414. The zero-order valence-electron chi connectivity index (χ0n) is 13.0. The first kappa shape index (κ1) is 18.7. The third-order valence-electron chi connectivity index (χ3n) is 2.86. The Bertz CT molecular complexity index is 472. The molecular formula is C15H23ClFN3O2. The Hall–Kier alpha value is -1.37. The zero-order chi connectivity index (χ0) is 16.2. The summed E-state index contributed by atoms with van der Waals surface area (Å²) in [4.78, 5) is 4.12. The van der Waals surface area contributed by atoms with Crippen molar-refractivity contribution in [3.05, 3.63) is 34.6 Å². The normalized spacial score (nSPS) is 11.5. The lowest BCUT2D eigenvalue weighted by atomic mass is 10.2. The van der Waals surface area contributed by atoms with Crippen molar-refractivity contribution >= 4 is 17.6 Å². The molecule has 1 aromatic carbocycles. The van der Waals surface area contributed by atoms with Crippen molar-refractivity contribution in [2.24, 2.45) is 4.99 Å². The van der Waals surface area contributed by atoms with Gasteiger partial charge in [0, 0.05) is 33.9 Å². The minimum Gasteiger partial charge on any atom is -0.382 e. The summed E-state index contributed by atoms with van der Waals surface area (Å²) >= 11 is 5.75. The van der Waals surface area contributed by atoms with Gasteiger partial charge in [-0.15, -0.1) is 0 Å². The van der Waals surface area contributed by atoms with Crippen molar-refractivity contribution in [2.45, 2.75) is 13.0 Å². The molecule has 0 aliphatic rings. The van der Waals surface area contributed by atoms with Crippen LogP contribution in [0.4, 0.5) is 4.39 Å². The second-order valence-corrected chi connectivity index (χ2v) is 4.97. The molecular weight excluding hydrogens is 309 g/mol. The van der Waals surface area contributed by atoms with Crippen LogP contribution in [-0.2, 0) is 16.0 Å². The molecule has 0 spiro atoms. The fourth-order valence-electron chi connectivity index (χ4n) is 1.68. The lowest BCUT2D eigenvalue weighted by Crippen LogP contribution is -2.37. The highest BCUT2D eigenvalue weighted by atomic mass is 35.5. The number of rotatable bonds is 9. The van der Waals surface area contributed by atoms with Gasteiger partial charge in [0.15, 0.2) is 5.96 Å². The van der Waals surface area contributed by atoms with Gasteiger partial charge in [-0.1, -0.05) is 17.7 Å². The molecule has 0 amide bonds. The monoisotopic (exact) mass is 331 g/mol. The number of ether oxygens (including phenoxy) is 2. The minimum absolute atomic E-state index is 0.121. The van der Waals surface area contributed by atoms with Gasteiger partial charge in [0.1, 0.15) is 5.82 Å². The summed E-state index contributed by atoms with van der Waals surface area (Å²) < 4.78 is 23.3. The molecule has 1 aromatic rings. The van der Waals surface area contributed by atoms with E-state index in [0.717, 1.165) is 18.5 Å². The minimum atomic E-state index is -0.415. The van der Waals surface area contributed by atoms with Gasteiger partial charge in [0.2, 0.25) is 0 Å². The highest BCUT2D eigenvalue weighted by Crippen LogP contribution is 2.15. The molecule has 0 aliphatic carbocycles. The van der Waals surface area contributed by atoms with Crippen LogP contribution in [0.2, 0.25) is 5.02 Å². The Kier molecular flexibility index (Phi) is 9.54. The molecule has 0 saturated carbocycles. The number of aliphatic imine (C=N–C) groups is 1. The average molecular weight is 332 g/mol. The van der Waals surface area contributed by atoms with E-state index in [4.69, 9.17) is 21.1 Å². The molecule has 0 saturated heterocycles. The van der Waals surface area contributed by atoms with Gasteiger partial charge >= 0.3 is 0 Å². The molecule has 0 radical (unpaired) electrons. The number of halogens is 2. The Labute approximate surface area is 135 Å². The molecule has 0 bridgehead atoms. The van der Waals surface area contributed by atoms with Crippen LogP contribution in [0.15, 0.2) is 23.2 Å². The summed E-state index contributed by atoms with van der Waals surface area (Å²) in [5.74, 6) is 0.263. The number of methoxy groups -OCH3 is 1. The fourth-order valence-corrected chi connectivity index (χ4v) is 1.88. The summed E-state index contributed by atoms with van der Waals surface area (Å²) in [6, 6.07) is 4.64. The Morgan fingerprint density at radius 3 is 2.77 bits per heavy atom. The molecule has 0 atom stereocenters. The average Bonchev–Trinajstić information content (AvgIpc) is 2.52. The van der Waals surface area contributed by atoms with E-state index in [1.165, 1.54) is 6.07 Å². The fraction of sp³-hybridized carbons (Fsp3) is 0.533. The van der Waals surface area contributed by atoms with Crippen molar-refractivity contribution in [3.63, 3.8) is 0 Å². The molecule has 0 aromatic heterocycles. The van der Waals surface area contributed by atoms with E-state index in [2.05, 4.69) is 15.6 Å². The molecule has 1 rings (SSSR count). The molecule has 124 valence electrons. The van der Waals surface area contributed by atoms with Crippen molar-refractivity contribution in [3.8, 4) is 0 Å². The molecule has 0 heterocycles. The molecule has 0 aliphatic heterocycles. The Morgan fingerprint density at radius 1 is 1.27 bits per heavy atom. The van der Waals surface area contributed by atoms with E-state index < -0.39 is 5.82 Å². The van der Waals surface area contributed by atoms with Crippen molar-refractivity contribution in [2.75, 3.05) is 40.5 Å². The van der Waals surface area contributed by atoms with E-state index >= 15 is 0 Å². The number of nitrogens with zero attached hydrogens (tertiary/aromatic N) is 1. The highest BCUT2D eigenvalue weighted by molar-refractivity contribution is 6.30. The standard InChI is InChI=1S/C15H23ClFN3O2/c1-18-15(19-6-3-7-22-9-8-21-2)20-11-12-4-5-14(17)13(16)10-12/h4-5,10H,3,6-9,11H2,1-2H3,(H2,18,19,20). The summed E-state index contributed by atoms with van der Waals surface area (Å²) in [6.45, 7) is 3.15. The smallest absolute Gasteiger partial charge is 0.191 e. The van der Waals surface area contributed by atoms with E-state index in [1.807, 2.05) is 0 Å². The summed E-state index contributed by atoms with van der Waals surface area (Å²) in [5.41, 5.74) is 0.886. The number of guanidine groups is 1. The van der Waals surface area contributed by atoms with Crippen LogP contribution in [0.5, 0.6) is 0 Å². The first-order valence-electron chi connectivity index (χ1n) is 7.12. The second kappa shape index (κ2) is 11.2. The number of benzene rings is 1. The third kappa shape index (κ3) is 7.59. The van der Waals surface area contributed by atoms with Gasteiger partial charge in [0.25, 0.3) is 0 Å². The SMILES string of the molecule is CN=C(NCCCOCCOC)NCc1ccc(F)c(Cl)c1. The number of hydrogen-bond donors (Lipinski definition) is 2. The largest absolute Gasteiger partial charge is 0.382 e. The zero-order valence-corrected chi connectivity index (χ0v) is 13.8. The van der Waals surface area contributed by atoms with Gasteiger partial charge in [-0.2, -0.15) is 0 Å². The lowest BCUT2D eigenvalue weighted by Gasteiger charge is -2.12. The maximum Gasteiger partial charge on any atom is 0.191 e. The maximum absolute atomic E-state index is 13.1. The summed E-state index contributed by atoms with van der Waals surface area (Å²) in [6.07, 6.45) is 0.868. The van der Waals surface area contributed by atoms with E-state index in [1.54, 1.807) is 26.3 Å². The van der Waals surface area contributed by atoms with Crippen LogP contribution in [0, 0.1) is 5.82 Å². The molecule has 7 heteroatoms. The van der Waals surface area contributed by atoms with Gasteiger partial charge in [-0.05, 0) is 24.1 Å². The van der Waals surface area contributed by atoms with Crippen LogP contribution in [-0.4, -0.2) is 46.5 Å². The van der Waals surface area contributed by atoms with Crippen molar-refractivity contribution in [1.82, 2.24) is 10.6 Å². The first-order valence-corrected chi connectivity index (χ1v) is 7.50. The molecule has 22 heavy (non-hydrogen) atoms. The summed E-state index contributed by atoms with van der Waals surface area (Å²) in [7, 11) is 3.34. The molecule has 5 nitrogen and oxygen atoms in total. The van der Waals surface area contributed by atoms with E-state index in [9.17, 15) is 4.39 Å². The van der Waals surface area contributed by atoms with Crippen LogP contribution >= 0.6 is 11.6 Å². The third-order valence-corrected chi connectivity index (χ3v) is 3.15. The second-order valence-electron chi connectivity index (χ2n) is 4.56. The van der Waals surface area contributed by atoms with Gasteiger partial charge in [-0.25, -0.2) is 4.39 Å². The first-order chi connectivity index (χ1) is 10.7. The molecule has 0 unspecified atom stereocenters. The van der Waals surface area contributed by atoms with Gasteiger partial charge in [-0.3, -0.25) is 4.99 Å². The summed E-state index contributed by atoms with van der Waals surface area (Å²) in [5, 5.41) is 6.44. The Balaban J connectivity index is 2.21.